The zero-order valence-corrected chi connectivity index (χ0v) is 12.3. The van der Waals surface area contributed by atoms with Crippen molar-refractivity contribution >= 4 is 17.1 Å². The zero-order chi connectivity index (χ0) is 14.7. The van der Waals surface area contributed by atoms with Crippen LogP contribution in [0.15, 0.2) is 6.07 Å². The molecule has 0 aliphatic rings. The summed E-state index contributed by atoms with van der Waals surface area (Å²) in [5.74, 6) is 0. The van der Waals surface area contributed by atoms with Crippen molar-refractivity contribution in [3.8, 4) is 12.1 Å². The molecule has 5 nitrogen and oxygen atoms in total. The highest BCUT2D eigenvalue weighted by Crippen LogP contribution is 2.40. The standard InChI is InChI=1S/C14H19N5/c1-17(2)12-7-10(8-15)11(9-16)13(18(3)4)14(12)19(5)6/h7H,1-6H3. The first-order valence-electron chi connectivity index (χ1n) is 5.88. The predicted molar refractivity (Wildman–Crippen MR) is 78.9 cm³/mol. The first-order valence-corrected chi connectivity index (χ1v) is 5.88. The molecule has 100 valence electrons. The molecular formula is C14H19N5. The Morgan fingerprint density at radius 1 is 0.789 bits per heavy atom. The topological polar surface area (TPSA) is 57.3 Å². The van der Waals surface area contributed by atoms with Gasteiger partial charge in [-0.15, -0.1) is 0 Å². The molecule has 0 bridgehead atoms. The lowest BCUT2D eigenvalue weighted by molar-refractivity contribution is 1.04. The van der Waals surface area contributed by atoms with Crippen LogP contribution in [0.1, 0.15) is 11.1 Å². The van der Waals surface area contributed by atoms with Crippen LogP contribution >= 0.6 is 0 Å². The fourth-order valence-corrected chi connectivity index (χ4v) is 2.06. The van der Waals surface area contributed by atoms with E-state index in [-0.39, 0.29) is 0 Å². The maximum Gasteiger partial charge on any atom is 0.103 e. The molecule has 5 heteroatoms. The van der Waals surface area contributed by atoms with Gasteiger partial charge in [0.25, 0.3) is 0 Å². The van der Waals surface area contributed by atoms with Crippen LogP contribution in [0.5, 0.6) is 0 Å². The summed E-state index contributed by atoms with van der Waals surface area (Å²) in [6.07, 6.45) is 0. The minimum atomic E-state index is 0.403. The van der Waals surface area contributed by atoms with Gasteiger partial charge in [-0.2, -0.15) is 10.5 Å². The van der Waals surface area contributed by atoms with Gasteiger partial charge in [-0.3, -0.25) is 0 Å². The summed E-state index contributed by atoms with van der Waals surface area (Å²) < 4.78 is 0. The SMILES string of the molecule is CN(C)c1cc(C#N)c(C#N)c(N(C)C)c1N(C)C. The summed E-state index contributed by atoms with van der Waals surface area (Å²) in [7, 11) is 11.5. The number of rotatable bonds is 3. The minimum absolute atomic E-state index is 0.403. The average Bonchev–Trinajstić information content (AvgIpc) is 2.35. The second-order valence-corrected chi connectivity index (χ2v) is 4.92. The van der Waals surface area contributed by atoms with Crippen molar-refractivity contribution in [3.05, 3.63) is 17.2 Å². The Kier molecular flexibility index (Phi) is 4.24. The maximum atomic E-state index is 9.36. The van der Waals surface area contributed by atoms with Gasteiger partial charge < -0.3 is 14.7 Å². The van der Waals surface area contributed by atoms with Gasteiger partial charge in [-0.05, 0) is 6.07 Å². The Balaban J connectivity index is 3.87. The lowest BCUT2D eigenvalue weighted by atomic mass is 10.0. The van der Waals surface area contributed by atoms with E-state index in [4.69, 9.17) is 0 Å². The molecule has 0 unspecified atom stereocenters. The van der Waals surface area contributed by atoms with E-state index in [2.05, 4.69) is 12.1 Å². The van der Waals surface area contributed by atoms with Crippen molar-refractivity contribution in [1.82, 2.24) is 0 Å². The van der Waals surface area contributed by atoms with Crippen molar-refractivity contribution in [2.24, 2.45) is 0 Å². The Morgan fingerprint density at radius 2 is 1.32 bits per heavy atom. The largest absolute Gasteiger partial charge is 0.376 e. The zero-order valence-electron chi connectivity index (χ0n) is 12.3. The van der Waals surface area contributed by atoms with Gasteiger partial charge in [0.2, 0.25) is 0 Å². The highest BCUT2D eigenvalue weighted by atomic mass is 15.2. The second-order valence-electron chi connectivity index (χ2n) is 4.92. The van der Waals surface area contributed by atoms with Gasteiger partial charge in [0, 0.05) is 42.3 Å². The number of nitrogens with zero attached hydrogens (tertiary/aromatic N) is 5. The van der Waals surface area contributed by atoms with E-state index >= 15 is 0 Å². The van der Waals surface area contributed by atoms with E-state index in [1.807, 2.05) is 57.0 Å². The molecule has 0 atom stereocenters. The third-order valence-electron chi connectivity index (χ3n) is 2.86. The summed E-state index contributed by atoms with van der Waals surface area (Å²) >= 11 is 0. The van der Waals surface area contributed by atoms with E-state index in [0.717, 1.165) is 17.1 Å². The maximum absolute atomic E-state index is 9.36. The fraction of sp³-hybridized carbons (Fsp3) is 0.429. The molecule has 0 saturated carbocycles. The number of anilines is 3. The van der Waals surface area contributed by atoms with Gasteiger partial charge in [0.05, 0.1) is 28.2 Å². The lowest BCUT2D eigenvalue weighted by Gasteiger charge is -2.29. The first kappa shape index (κ1) is 14.7. The normalized spacial score (nSPS) is 9.47. The molecule has 0 aromatic heterocycles. The summed E-state index contributed by atoms with van der Waals surface area (Å²) in [5, 5.41) is 18.6. The van der Waals surface area contributed by atoms with Crippen molar-refractivity contribution in [2.45, 2.75) is 0 Å². The van der Waals surface area contributed by atoms with Crippen molar-refractivity contribution in [3.63, 3.8) is 0 Å². The molecule has 0 fully saturated rings. The molecular weight excluding hydrogens is 238 g/mol. The minimum Gasteiger partial charge on any atom is -0.376 e. The number of nitriles is 2. The number of hydrogen-bond donors (Lipinski definition) is 0. The molecule has 0 saturated heterocycles. The van der Waals surface area contributed by atoms with Crippen LogP contribution in [0, 0.1) is 22.7 Å². The molecule has 0 heterocycles. The van der Waals surface area contributed by atoms with Gasteiger partial charge >= 0.3 is 0 Å². The van der Waals surface area contributed by atoms with E-state index in [9.17, 15) is 10.5 Å². The highest BCUT2D eigenvalue weighted by molar-refractivity contribution is 5.90. The molecule has 1 rings (SSSR count). The molecule has 19 heavy (non-hydrogen) atoms. The first-order chi connectivity index (χ1) is 8.84. The van der Waals surface area contributed by atoms with E-state index in [1.165, 1.54) is 0 Å². The Labute approximate surface area is 114 Å². The Bertz CT molecular complexity index is 559. The summed E-state index contributed by atoms with van der Waals surface area (Å²) in [6.45, 7) is 0. The fourth-order valence-electron chi connectivity index (χ4n) is 2.06. The summed E-state index contributed by atoms with van der Waals surface area (Å²) in [4.78, 5) is 5.79. The molecule has 0 N–H and O–H groups in total. The molecule has 1 aromatic rings. The predicted octanol–water partition coefficient (Wildman–Crippen LogP) is 1.63. The lowest BCUT2D eigenvalue weighted by Crippen LogP contribution is -2.22. The summed E-state index contributed by atoms with van der Waals surface area (Å²) in [6, 6.07) is 6.02. The molecule has 0 aliphatic heterocycles. The average molecular weight is 257 g/mol. The van der Waals surface area contributed by atoms with Crippen LogP contribution in [0.2, 0.25) is 0 Å². The van der Waals surface area contributed by atoms with Crippen LogP contribution in [-0.2, 0) is 0 Å². The van der Waals surface area contributed by atoms with Crippen LogP contribution < -0.4 is 14.7 Å². The second kappa shape index (κ2) is 5.49. The smallest absolute Gasteiger partial charge is 0.103 e. The van der Waals surface area contributed by atoms with Crippen LogP contribution in [0.4, 0.5) is 17.1 Å². The van der Waals surface area contributed by atoms with Crippen LogP contribution in [0.25, 0.3) is 0 Å². The van der Waals surface area contributed by atoms with Gasteiger partial charge in [-0.25, -0.2) is 0 Å². The quantitative estimate of drug-likeness (QED) is 0.823. The molecule has 0 aliphatic carbocycles. The van der Waals surface area contributed by atoms with Gasteiger partial charge in [0.15, 0.2) is 0 Å². The summed E-state index contributed by atoms with van der Waals surface area (Å²) in [5.41, 5.74) is 3.45. The number of benzene rings is 1. The van der Waals surface area contributed by atoms with Crippen molar-refractivity contribution in [1.29, 1.82) is 10.5 Å². The van der Waals surface area contributed by atoms with Crippen molar-refractivity contribution < 1.29 is 0 Å². The van der Waals surface area contributed by atoms with Crippen molar-refractivity contribution in [2.75, 3.05) is 57.0 Å². The third kappa shape index (κ3) is 2.56. The van der Waals surface area contributed by atoms with E-state index in [1.54, 1.807) is 6.07 Å². The molecule has 0 amide bonds. The van der Waals surface area contributed by atoms with Crippen LogP contribution in [0.3, 0.4) is 0 Å². The highest BCUT2D eigenvalue weighted by Gasteiger charge is 2.21. The molecule has 0 radical (unpaired) electrons. The molecule has 1 aromatic carbocycles. The Morgan fingerprint density at radius 3 is 1.63 bits per heavy atom. The Hall–Kier alpha value is -2.40. The number of hydrogen-bond acceptors (Lipinski definition) is 5. The van der Waals surface area contributed by atoms with E-state index in [0.29, 0.717) is 11.1 Å². The van der Waals surface area contributed by atoms with Crippen LogP contribution in [-0.4, -0.2) is 42.3 Å². The molecule has 0 spiro atoms. The third-order valence-corrected chi connectivity index (χ3v) is 2.86. The monoisotopic (exact) mass is 257 g/mol. The van der Waals surface area contributed by atoms with Gasteiger partial charge in [-0.1, -0.05) is 0 Å². The van der Waals surface area contributed by atoms with E-state index < -0.39 is 0 Å². The van der Waals surface area contributed by atoms with Gasteiger partial charge in [0.1, 0.15) is 12.1 Å².